The maximum absolute atomic E-state index is 15.5. The Bertz CT molecular complexity index is 1410. The third-order valence-corrected chi connectivity index (χ3v) is 8.50. The molecule has 1 N–H and O–H groups in total. The number of thiazole rings is 1. The minimum absolute atomic E-state index is 0.0483. The Labute approximate surface area is 240 Å². The van der Waals surface area contributed by atoms with Crippen molar-refractivity contribution < 1.29 is 28.6 Å². The van der Waals surface area contributed by atoms with Gasteiger partial charge in [0.15, 0.2) is 16.7 Å². The number of hydrogen-bond acceptors (Lipinski definition) is 8. The fourth-order valence-electron chi connectivity index (χ4n) is 5.18. The quantitative estimate of drug-likeness (QED) is 0.375. The van der Waals surface area contributed by atoms with Crippen molar-refractivity contribution in [1.82, 2.24) is 9.97 Å². The highest BCUT2D eigenvalue weighted by molar-refractivity contribution is 7.14. The number of nitrogens with zero attached hydrogens (tertiary/aromatic N) is 4. The lowest BCUT2D eigenvalue weighted by molar-refractivity contribution is -0.141. The largest absolute Gasteiger partial charge is 0.488 e. The predicted octanol–water partition coefficient (Wildman–Crippen LogP) is 5.36. The fraction of sp³-hybridized carbons (Fsp3) is 0.429. The zero-order chi connectivity index (χ0) is 28.4. The molecule has 0 spiro atoms. The number of halogens is 2. The number of hydrogen-bond donors (Lipinski definition) is 1. The van der Waals surface area contributed by atoms with Gasteiger partial charge in [0.25, 0.3) is 0 Å². The summed E-state index contributed by atoms with van der Waals surface area (Å²) < 4.78 is 26.7. The summed E-state index contributed by atoms with van der Waals surface area (Å²) in [6.07, 6.45) is 3.38. The predicted molar refractivity (Wildman–Crippen MR) is 152 cm³/mol. The molecule has 1 aromatic carbocycles. The number of ether oxygens (including phenoxy) is 2. The SMILES string of the molecule is CN1CCOc2cc(-c3ccc(Cl)cc3-c3nc(N(C)C(=O)[C@@H](CC(=O)O)CC4CCOCC4)sc3F)cnc21. The first-order valence-corrected chi connectivity index (χ1v) is 14.3. The van der Waals surface area contributed by atoms with E-state index in [2.05, 4.69) is 9.97 Å². The van der Waals surface area contributed by atoms with Crippen LogP contribution in [0, 0.1) is 17.0 Å². The van der Waals surface area contributed by atoms with Gasteiger partial charge in [0.05, 0.1) is 13.0 Å². The van der Waals surface area contributed by atoms with Crippen molar-refractivity contribution in [3.8, 4) is 28.1 Å². The molecule has 1 fully saturated rings. The van der Waals surface area contributed by atoms with Gasteiger partial charge >= 0.3 is 5.97 Å². The second-order valence-corrected chi connectivity index (χ2v) is 11.5. The molecule has 0 aliphatic carbocycles. The molecule has 40 heavy (non-hydrogen) atoms. The van der Waals surface area contributed by atoms with Crippen molar-refractivity contribution in [1.29, 1.82) is 0 Å². The molecule has 9 nitrogen and oxygen atoms in total. The summed E-state index contributed by atoms with van der Waals surface area (Å²) in [5.74, 6) is -0.650. The van der Waals surface area contributed by atoms with Crippen molar-refractivity contribution in [3.05, 3.63) is 40.6 Å². The number of likely N-dealkylation sites (N-methyl/N-ethyl adjacent to an activating group) is 1. The van der Waals surface area contributed by atoms with E-state index in [1.54, 1.807) is 24.4 Å². The summed E-state index contributed by atoms with van der Waals surface area (Å²) in [6, 6.07) is 6.97. The monoisotopic (exact) mass is 588 g/mol. The average Bonchev–Trinajstić information content (AvgIpc) is 3.33. The van der Waals surface area contributed by atoms with Crippen molar-refractivity contribution in [2.24, 2.45) is 11.8 Å². The number of pyridine rings is 1. The van der Waals surface area contributed by atoms with Crippen molar-refractivity contribution in [2.75, 3.05) is 50.3 Å². The first kappa shape index (κ1) is 28.3. The van der Waals surface area contributed by atoms with Gasteiger partial charge in [0.2, 0.25) is 11.0 Å². The van der Waals surface area contributed by atoms with Crippen LogP contribution in [0.4, 0.5) is 15.3 Å². The van der Waals surface area contributed by atoms with Crippen LogP contribution in [-0.2, 0) is 14.3 Å². The van der Waals surface area contributed by atoms with E-state index in [-0.39, 0.29) is 23.2 Å². The highest BCUT2D eigenvalue weighted by Gasteiger charge is 2.31. The normalized spacial score (nSPS) is 16.2. The molecule has 1 saturated heterocycles. The third kappa shape index (κ3) is 6.06. The lowest BCUT2D eigenvalue weighted by Crippen LogP contribution is -2.35. The lowest BCUT2D eigenvalue weighted by Gasteiger charge is -2.27. The molecule has 3 aromatic rings. The van der Waals surface area contributed by atoms with E-state index in [1.807, 2.05) is 18.0 Å². The number of amides is 1. The van der Waals surface area contributed by atoms with Crippen LogP contribution < -0.4 is 14.5 Å². The lowest BCUT2D eigenvalue weighted by atomic mass is 9.86. The summed E-state index contributed by atoms with van der Waals surface area (Å²) in [5, 5.41) is 9.42. The van der Waals surface area contributed by atoms with Crippen molar-refractivity contribution in [2.45, 2.75) is 25.7 Å². The Morgan fingerprint density at radius 1 is 1.25 bits per heavy atom. The number of carbonyl (C=O) groups excluding carboxylic acids is 1. The molecule has 0 saturated carbocycles. The molecule has 2 aliphatic rings. The van der Waals surface area contributed by atoms with Gasteiger partial charge in [-0.1, -0.05) is 29.0 Å². The zero-order valence-corrected chi connectivity index (χ0v) is 23.8. The van der Waals surface area contributed by atoms with E-state index in [0.29, 0.717) is 53.7 Å². The summed E-state index contributed by atoms with van der Waals surface area (Å²) >= 11 is 7.05. The van der Waals surface area contributed by atoms with E-state index < -0.39 is 22.9 Å². The molecule has 4 heterocycles. The number of rotatable bonds is 8. The fourth-order valence-corrected chi connectivity index (χ4v) is 6.12. The standard InChI is InChI=1S/C28H30ClFN4O5S/c1-33-7-10-39-22-12-18(15-31-26(22)33)20-4-3-19(29)14-21(20)24-25(30)40-28(32-24)34(2)27(37)17(13-23(35)36)11-16-5-8-38-9-6-16/h3-4,12,14-17H,5-11,13H2,1-2H3,(H,35,36)/t17-/m1/s1. The first-order valence-electron chi connectivity index (χ1n) is 13.1. The van der Waals surface area contributed by atoms with Crippen molar-refractivity contribution in [3.63, 3.8) is 0 Å². The number of carboxylic acids is 1. The number of carbonyl (C=O) groups is 2. The molecular formula is C28H30ClFN4O5S. The second-order valence-electron chi connectivity index (χ2n) is 10.1. The van der Waals surface area contributed by atoms with E-state index in [9.17, 15) is 14.7 Å². The summed E-state index contributed by atoms with van der Waals surface area (Å²) in [6.45, 7) is 2.46. The zero-order valence-electron chi connectivity index (χ0n) is 22.2. The Balaban J connectivity index is 1.45. The van der Waals surface area contributed by atoms with Crippen LogP contribution in [0.15, 0.2) is 30.5 Å². The molecule has 2 aliphatic heterocycles. The van der Waals surface area contributed by atoms with Crippen molar-refractivity contribution >= 4 is 45.8 Å². The van der Waals surface area contributed by atoms with Gasteiger partial charge in [-0.15, -0.1) is 0 Å². The second kappa shape index (κ2) is 12.1. The maximum atomic E-state index is 15.5. The van der Waals surface area contributed by atoms with Gasteiger partial charge in [-0.05, 0) is 48.9 Å². The smallest absolute Gasteiger partial charge is 0.304 e. The van der Waals surface area contributed by atoms with Gasteiger partial charge in [-0.2, -0.15) is 4.39 Å². The van der Waals surface area contributed by atoms with Gasteiger partial charge in [0.1, 0.15) is 12.3 Å². The number of carboxylic acid groups (broad SMARTS) is 1. The molecule has 12 heteroatoms. The van der Waals surface area contributed by atoms with Crippen LogP contribution in [0.5, 0.6) is 5.75 Å². The Kier molecular flexibility index (Phi) is 8.53. The maximum Gasteiger partial charge on any atom is 0.304 e. The molecule has 5 rings (SSSR count). The highest BCUT2D eigenvalue weighted by atomic mass is 35.5. The Morgan fingerprint density at radius 3 is 2.77 bits per heavy atom. The highest BCUT2D eigenvalue weighted by Crippen LogP contribution is 2.41. The molecule has 0 bridgehead atoms. The number of fused-ring (bicyclic) bond motifs is 1. The average molecular weight is 589 g/mol. The molecule has 0 unspecified atom stereocenters. The van der Waals surface area contributed by atoms with Crippen LogP contribution >= 0.6 is 22.9 Å². The third-order valence-electron chi connectivity index (χ3n) is 7.35. The molecule has 1 atom stereocenters. The molecule has 2 aromatic heterocycles. The summed E-state index contributed by atoms with van der Waals surface area (Å²) in [7, 11) is 3.44. The molecule has 0 radical (unpaired) electrons. The number of aliphatic carboxylic acids is 1. The molecule has 212 valence electrons. The van der Waals surface area contributed by atoms with E-state index in [4.69, 9.17) is 21.1 Å². The molecular weight excluding hydrogens is 559 g/mol. The first-order chi connectivity index (χ1) is 19.2. The van der Waals surface area contributed by atoms with Crippen LogP contribution in [0.3, 0.4) is 0 Å². The van der Waals surface area contributed by atoms with Crippen LogP contribution in [0.1, 0.15) is 25.7 Å². The number of aromatic nitrogens is 2. The number of anilines is 2. The van der Waals surface area contributed by atoms with E-state index >= 15 is 4.39 Å². The summed E-state index contributed by atoms with van der Waals surface area (Å²) in [5.41, 5.74) is 1.86. The Morgan fingerprint density at radius 2 is 2.02 bits per heavy atom. The minimum atomic E-state index is -1.05. The van der Waals surface area contributed by atoms with Gasteiger partial charge < -0.3 is 19.5 Å². The van der Waals surface area contributed by atoms with Crippen LogP contribution in [0.2, 0.25) is 5.02 Å². The number of benzene rings is 1. The topological polar surface area (TPSA) is 105 Å². The molecule has 1 amide bonds. The van der Waals surface area contributed by atoms with E-state index in [0.717, 1.165) is 36.5 Å². The van der Waals surface area contributed by atoms with E-state index in [1.165, 1.54) is 11.9 Å². The van der Waals surface area contributed by atoms with Gasteiger partial charge in [-0.3, -0.25) is 14.5 Å². The summed E-state index contributed by atoms with van der Waals surface area (Å²) in [4.78, 5) is 37.3. The Hall–Kier alpha value is -3.28. The van der Waals surface area contributed by atoms with Gasteiger partial charge in [0, 0.05) is 55.6 Å². The van der Waals surface area contributed by atoms with Crippen LogP contribution in [0.25, 0.3) is 22.4 Å². The minimum Gasteiger partial charge on any atom is -0.488 e. The van der Waals surface area contributed by atoms with Gasteiger partial charge in [-0.25, -0.2) is 9.97 Å². The van der Waals surface area contributed by atoms with Crippen LogP contribution in [-0.4, -0.2) is 67.4 Å².